The topological polar surface area (TPSA) is 12.9 Å². The standard InChI is InChI=1S/C22H16FN/c1-15-21(16-7-3-2-4-8-16)19-9-5-6-10-20(19)24-22(15)17-11-13-18(23)14-12-17/h2-14H,1H3. The second-order valence-electron chi connectivity index (χ2n) is 5.85. The zero-order valence-corrected chi connectivity index (χ0v) is 13.3. The molecule has 0 spiro atoms. The van der Waals surface area contributed by atoms with Gasteiger partial charge in [-0.1, -0.05) is 48.5 Å². The zero-order valence-electron chi connectivity index (χ0n) is 13.3. The minimum absolute atomic E-state index is 0.236. The molecule has 0 saturated carbocycles. The van der Waals surface area contributed by atoms with E-state index in [-0.39, 0.29) is 5.82 Å². The summed E-state index contributed by atoms with van der Waals surface area (Å²) in [6.45, 7) is 2.08. The van der Waals surface area contributed by atoms with Crippen LogP contribution in [0.15, 0.2) is 78.9 Å². The Bertz CT molecular complexity index is 1010. The van der Waals surface area contributed by atoms with Crippen LogP contribution in [0.25, 0.3) is 33.3 Å². The van der Waals surface area contributed by atoms with Crippen molar-refractivity contribution < 1.29 is 4.39 Å². The molecule has 2 heteroatoms. The van der Waals surface area contributed by atoms with Gasteiger partial charge in [-0.25, -0.2) is 9.37 Å². The average molecular weight is 313 g/mol. The maximum Gasteiger partial charge on any atom is 0.123 e. The number of fused-ring (bicyclic) bond motifs is 1. The van der Waals surface area contributed by atoms with Gasteiger partial charge in [-0.05, 0) is 53.9 Å². The molecule has 0 bridgehead atoms. The summed E-state index contributed by atoms with van der Waals surface area (Å²) in [5.74, 6) is -0.236. The predicted octanol–water partition coefficient (Wildman–Crippen LogP) is 6.02. The second-order valence-corrected chi connectivity index (χ2v) is 5.85. The smallest absolute Gasteiger partial charge is 0.123 e. The van der Waals surface area contributed by atoms with E-state index >= 15 is 0 Å². The summed E-state index contributed by atoms with van der Waals surface area (Å²) >= 11 is 0. The monoisotopic (exact) mass is 313 g/mol. The number of rotatable bonds is 2. The second kappa shape index (κ2) is 5.89. The van der Waals surface area contributed by atoms with Gasteiger partial charge in [0.15, 0.2) is 0 Å². The fraction of sp³-hybridized carbons (Fsp3) is 0.0455. The quantitative estimate of drug-likeness (QED) is 0.441. The first kappa shape index (κ1) is 14.6. The van der Waals surface area contributed by atoms with E-state index in [1.54, 1.807) is 12.1 Å². The summed E-state index contributed by atoms with van der Waals surface area (Å²) in [6.07, 6.45) is 0. The first-order chi connectivity index (χ1) is 11.7. The molecule has 0 fully saturated rings. The number of benzene rings is 3. The van der Waals surface area contributed by atoms with E-state index in [0.717, 1.165) is 33.3 Å². The van der Waals surface area contributed by atoms with Crippen LogP contribution in [0, 0.1) is 12.7 Å². The molecule has 1 aromatic heterocycles. The molecule has 4 aromatic rings. The van der Waals surface area contributed by atoms with Crippen LogP contribution >= 0.6 is 0 Å². The van der Waals surface area contributed by atoms with Gasteiger partial charge >= 0.3 is 0 Å². The molecule has 0 amide bonds. The van der Waals surface area contributed by atoms with Crippen molar-refractivity contribution >= 4 is 10.9 Å². The maximum atomic E-state index is 13.3. The third-order valence-electron chi connectivity index (χ3n) is 4.32. The molecule has 0 saturated heterocycles. The Labute approximate surface area is 140 Å². The number of hydrogen-bond acceptors (Lipinski definition) is 1. The Morgan fingerprint density at radius 3 is 2.12 bits per heavy atom. The number of hydrogen-bond donors (Lipinski definition) is 0. The van der Waals surface area contributed by atoms with Crippen LogP contribution in [0.2, 0.25) is 0 Å². The summed E-state index contributed by atoms with van der Waals surface area (Å²) in [7, 11) is 0. The lowest BCUT2D eigenvalue weighted by atomic mass is 9.93. The molecule has 1 nitrogen and oxygen atoms in total. The van der Waals surface area contributed by atoms with Crippen LogP contribution in [0.3, 0.4) is 0 Å². The number of aromatic nitrogens is 1. The van der Waals surface area contributed by atoms with Gasteiger partial charge in [-0.3, -0.25) is 0 Å². The maximum absolute atomic E-state index is 13.3. The molecule has 3 aromatic carbocycles. The van der Waals surface area contributed by atoms with E-state index < -0.39 is 0 Å². The molecule has 0 N–H and O–H groups in total. The molecular formula is C22H16FN. The van der Waals surface area contributed by atoms with Gasteiger partial charge in [-0.15, -0.1) is 0 Å². The number of para-hydroxylation sites is 1. The Hall–Kier alpha value is -3.00. The SMILES string of the molecule is Cc1c(-c2ccc(F)cc2)nc2ccccc2c1-c1ccccc1. The highest BCUT2D eigenvalue weighted by Crippen LogP contribution is 2.36. The van der Waals surface area contributed by atoms with Gasteiger partial charge in [0.2, 0.25) is 0 Å². The van der Waals surface area contributed by atoms with Crippen molar-refractivity contribution in [1.29, 1.82) is 0 Å². The van der Waals surface area contributed by atoms with Crippen LogP contribution in [0.4, 0.5) is 4.39 Å². The Morgan fingerprint density at radius 1 is 0.708 bits per heavy atom. The normalized spacial score (nSPS) is 10.9. The summed E-state index contributed by atoms with van der Waals surface area (Å²) in [4.78, 5) is 4.84. The van der Waals surface area contributed by atoms with Crippen LogP contribution in [-0.4, -0.2) is 4.98 Å². The zero-order chi connectivity index (χ0) is 16.5. The molecule has 4 rings (SSSR count). The first-order valence-electron chi connectivity index (χ1n) is 7.95. The van der Waals surface area contributed by atoms with E-state index in [1.807, 2.05) is 36.4 Å². The van der Waals surface area contributed by atoms with E-state index in [4.69, 9.17) is 4.98 Å². The van der Waals surface area contributed by atoms with Crippen molar-refractivity contribution in [3.63, 3.8) is 0 Å². The van der Waals surface area contributed by atoms with Gasteiger partial charge in [0.1, 0.15) is 5.82 Å². The van der Waals surface area contributed by atoms with E-state index in [9.17, 15) is 4.39 Å². The van der Waals surface area contributed by atoms with Crippen molar-refractivity contribution in [2.24, 2.45) is 0 Å². The van der Waals surface area contributed by atoms with E-state index in [1.165, 1.54) is 17.7 Å². The summed E-state index contributed by atoms with van der Waals surface area (Å²) in [5, 5.41) is 1.13. The summed E-state index contributed by atoms with van der Waals surface area (Å²) in [6, 6.07) is 25.0. The molecule has 24 heavy (non-hydrogen) atoms. The first-order valence-corrected chi connectivity index (χ1v) is 7.95. The van der Waals surface area contributed by atoms with Crippen molar-refractivity contribution in [3.8, 4) is 22.4 Å². The average Bonchev–Trinajstić information content (AvgIpc) is 2.63. The van der Waals surface area contributed by atoms with Crippen molar-refractivity contribution in [2.75, 3.05) is 0 Å². The largest absolute Gasteiger partial charge is 0.247 e. The highest BCUT2D eigenvalue weighted by atomic mass is 19.1. The Kier molecular flexibility index (Phi) is 3.58. The van der Waals surface area contributed by atoms with Gasteiger partial charge < -0.3 is 0 Å². The van der Waals surface area contributed by atoms with Gasteiger partial charge in [-0.2, -0.15) is 0 Å². The molecule has 0 aliphatic heterocycles. The summed E-state index contributed by atoms with van der Waals surface area (Å²) < 4.78 is 13.3. The van der Waals surface area contributed by atoms with E-state index in [2.05, 4.69) is 25.1 Å². The van der Waals surface area contributed by atoms with Gasteiger partial charge in [0.25, 0.3) is 0 Å². The van der Waals surface area contributed by atoms with Crippen LogP contribution in [0.5, 0.6) is 0 Å². The summed E-state index contributed by atoms with van der Waals surface area (Å²) in [5.41, 5.74) is 6.22. The van der Waals surface area contributed by atoms with Crippen LogP contribution in [0.1, 0.15) is 5.56 Å². The fourth-order valence-corrected chi connectivity index (χ4v) is 3.17. The highest BCUT2D eigenvalue weighted by Gasteiger charge is 2.14. The Morgan fingerprint density at radius 2 is 1.38 bits per heavy atom. The molecule has 0 unspecified atom stereocenters. The van der Waals surface area contributed by atoms with Crippen molar-refractivity contribution in [2.45, 2.75) is 6.92 Å². The highest BCUT2D eigenvalue weighted by molar-refractivity contribution is 5.99. The predicted molar refractivity (Wildman–Crippen MR) is 97.3 cm³/mol. The fourth-order valence-electron chi connectivity index (χ4n) is 3.17. The Balaban J connectivity index is 2.06. The van der Waals surface area contributed by atoms with Crippen LogP contribution < -0.4 is 0 Å². The molecule has 0 aliphatic rings. The number of halogens is 1. The molecule has 0 radical (unpaired) electrons. The lowest BCUT2D eigenvalue weighted by Crippen LogP contribution is -1.95. The lowest BCUT2D eigenvalue weighted by molar-refractivity contribution is 0.628. The molecule has 1 heterocycles. The number of nitrogens with zero attached hydrogens (tertiary/aromatic N) is 1. The minimum atomic E-state index is -0.236. The minimum Gasteiger partial charge on any atom is -0.247 e. The van der Waals surface area contributed by atoms with Gasteiger partial charge in [0, 0.05) is 10.9 Å². The van der Waals surface area contributed by atoms with E-state index in [0.29, 0.717) is 0 Å². The molecule has 0 aliphatic carbocycles. The van der Waals surface area contributed by atoms with Crippen molar-refractivity contribution in [3.05, 3.63) is 90.2 Å². The number of pyridine rings is 1. The molecule has 0 atom stereocenters. The lowest BCUT2D eigenvalue weighted by Gasteiger charge is -2.15. The van der Waals surface area contributed by atoms with Gasteiger partial charge in [0.05, 0.1) is 11.2 Å². The molecule has 116 valence electrons. The molecular weight excluding hydrogens is 297 g/mol. The van der Waals surface area contributed by atoms with Crippen molar-refractivity contribution in [1.82, 2.24) is 4.98 Å². The third-order valence-corrected chi connectivity index (χ3v) is 4.32. The van der Waals surface area contributed by atoms with Crippen LogP contribution in [-0.2, 0) is 0 Å². The third kappa shape index (κ3) is 2.46.